The van der Waals surface area contributed by atoms with Gasteiger partial charge in [0.05, 0.1) is 6.73 Å². The second kappa shape index (κ2) is 8.19. The number of rotatable bonds is 7. The van der Waals surface area contributed by atoms with Gasteiger partial charge in [0.2, 0.25) is 0 Å². The molecule has 0 unspecified atom stereocenters. The van der Waals surface area contributed by atoms with Crippen LogP contribution in [0, 0.1) is 0 Å². The third-order valence-corrected chi connectivity index (χ3v) is 3.13. The lowest BCUT2D eigenvalue weighted by molar-refractivity contribution is -0.147. The molecule has 0 aromatic heterocycles. The molecule has 0 amide bonds. The molecular weight excluding hydrogens is 266 g/mol. The predicted octanol–water partition coefficient (Wildman–Crippen LogP) is 1.88. The van der Waals surface area contributed by atoms with E-state index in [1.165, 1.54) is 0 Å². The van der Waals surface area contributed by atoms with Gasteiger partial charge in [-0.1, -0.05) is 60.7 Å². The van der Waals surface area contributed by atoms with Crippen LogP contribution in [-0.2, 0) is 22.6 Å². The highest BCUT2D eigenvalue weighted by Crippen LogP contribution is 2.07. The van der Waals surface area contributed by atoms with Crippen molar-refractivity contribution in [2.24, 2.45) is 0 Å². The van der Waals surface area contributed by atoms with Crippen molar-refractivity contribution in [3.05, 3.63) is 71.8 Å². The van der Waals surface area contributed by atoms with E-state index in [4.69, 9.17) is 9.84 Å². The molecule has 0 aliphatic rings. The lowest BCUT2D eigenvalue weighted by Gasteiger charge is -2.16. The quantitative estimate of drug-likeness (QED) is 0.602. The molecule has 0 saturated heterocycles. The maximum absolute atomic E-state index is 12.1. The Kier molecular flexibility index (Phi) is 5.94. The minimum absolute atomic E-state index is 0.234. The minimum atomic E-state index is -0.555. The molecule has 0 bridgehead atoms. The minimum Gasteiger partial charge on any atom is -0.460 e. The van der Waals surface area contributed by atoms with E-state index in [1.54, 1.807) is 0 Å². The van der Waals surface area contributed by atoms with Crippen LogP contribution in [0.4, 0.5) is 0 Å². The number of hydrogen-bond acceptors (Lipinski definition) is 4. The van der Waals surface area contributed by atoms with Gasteiger partial charge in [0, 0.05) is 0 Å². The van der Waals surface area contributed by atoms with Crippen molar-refractivity contribution in [3.8, 4) is 0 Å². The smallest absolute Gasteiger partial charge is 0.323 e. The fraction of sp³-hybridized carbons (Fsp3) is 0.235. The third kappa shape index (κ3) is 5.02. The normalized spacial score (nSPS) is 11.9. The van der Waals surface area contributed by atoms with Crippen molar-refractivity contribution < 1.29 is 14.6 Å². The summed E-state index contributed by atoms with van der Waals surface area (Å²) < 4.78 is 5.30. The molecule has 4 nitrogen and oxygen atoms in total. The maximum atomic E-state index is 12.1. The Morgan fingerprint density at radius 2 is 1.57 bits per heavy atom. The van der Waals surface area contributed by atoms with E-state index in [2.05, 4.69) is 5.32 Å². The van der Waals surface area contributed by atoms with Crippen molar-refractivity contribution >= 4 is 5.97 Å². The highest BCUT2D eigenvalue weighted by atomic mass is 16.5. The topological polar surface area (TPSA) is 58.6 Å². The molecule has 0 heterocycles. The third-order valence-electron chi connectivity index (χ3n) is 3.13. The molecule has 110 valence electrons. The van der Waals surface area contributed by atoms with Gasteiger partial charge in [-0.2, -0.15) is 0 Å². The van der Waals surface area contributed by atoms with E-state index >= 15 is 0 Å². The summed E-state index contributed by atoms with van der Waals surface area (Å²) in [5, 5.41) is 11.8. The summed E-state index contributed by atoms with van der Waals surface area (Å²) in [6.45, 7) is -0.0317. The van der Waals surface area contributed by atoms with Gasteiger partial charge in [0.25, 0.3) is 0 Å². The van der Waals surface area contributed by atoms with Gasteiger partial charge in [-0.3, -0.25) is 10.1 Å². The molecule has 2 aromatic carbocycles. The Balaban J connectivity index is 1.92. The fourth-order valence-electron chi connectivity index (χ4n) is 2.03. The van der Waals surface area contributed by atoms with Gasteiger partial charge in [-0.05, 0) is 17.5 Å². The van der Waals surface area contributed by atoms with E-state index in [-0.39, 0.29) is 19.3 Å². The summed E-state index contributed by atoms with van der Waals surface area (Å²) in [6, 6.07) is 18.6. The largest absolute Gasteiger partial charge is 0.460 e. The second-order valence-corrected chi connectivity index (χ2v) is 4.70. The lowest BCUT2D eigenvalue weighted by Crippen LogP contribution is -2.40. The van der Waals surface area contributed by atoms with Gasteiger partial charge in [0.1, 0.15) is 12.6 Å². The summed E-state index contributed by atoms with van der Waals surface area (Å²) in [7, 11) is 0. The van der Waals surface area contributed by atoms with Crippen LogP contribution in [-0.4, -0.2) is 23.8 Å². The standard InChI is InChI=1S/C17H19NO3/c19-13-18-16(11-14-7-3-1-4-8-14)17(20)21-12-15-9-5-2-6-10-15/h1-10,16,18-19H,11-13H2/t16-/m0/s1. The Labute approximate surface area is 124 Å². The molecule has 0 spiro atoms. The average Bonchev–Trinajstić information content (AvgIpc) is 2.54. The van der Waals surface area contributed by atoms with Crippen molar-refractivity contribution in [3.63, 3.8) is 0 Å². The van der Waals surface area contributed by atoms with Gasteiger partial charge >= 0.3 is 5.97 Å². The zero-order valence-corrected chi connectivity index (χ0v) is 11.7. The zero-order valence-electron chi connectivity index (χ0n) is 11.7. The van der Waals surface area contributed by atoms with Crippen LogP contribution in [0.15, 0.2) is 60.7 Å². The summed E-state index contributed by atoms with van der Waals surface area (Å²) in [5.41, 5.74) is 1.95. The molecule has 4 heteroatoms. The van der Waals surface area contributed by atoms with Gasteiger partial charge in [-0.25, -0.2) is 0 Å². The van der Waals surface area contributed by atoms with E-state index in [0.717, 1.165) is 11.1 Å². The zero-order chi connectivity index (χ0) is 14.9. The van der Waals surface area contributed by atoms with Crippen molar-refractivity contribution in [2.45, 2.75) is 19.1 Å². The van der Waals surface area contributed by atoms with Crippen LogP contribution >= 0.6 is 0 Å². The number of carbonyl (C=O) groups excluding carboxylic acids is 1. The Morgan fingerprint density at radius 3 is 2.14 bits per heavy atom. The Bertz CT molecular complexity index is 542. The molecular formula is C17H19NO3. The first-order chi connectivity index (χ1) is 10.3. The number of esters is 1. The first-order valence-corrected chi connectivity index (χ1v) is 6.88. The Morgan fingerprint density at radius 1 is 1.00 bits per heavy atom. The van der Waals surface area contributed by atoms with Crippen LogP contribution < -0.4 is 5.32 Å². The number of ether oxygens (including phenoxy) is 1. The molecule has 0 saturated carbocycles. The van der Waals surface area contributed by atoms with Crippen LogP contribution in [0.3, 0.4) is 0 Å². The number of hydrogen-bond donors (Lipinski definition) is 2. The predicted molar refractivity (Wildman–Crippen MR) is 80.4 cm³/mol. The Hall–Kier alpha value is -2.17. The molecule has 0 aliphatic heterocycles. The molecule has 0 radical (unpaired) electrons. The molecule has 2 rings (SSSR count). The van der Waals surface area contributed by atoms with E-state index in [9.17, 15) is 4.79 Å². The number of carbonyl (C=O) groups is 1. The van der Waals surface area contributed by atoms with Gasteiger partial charge < -0.3 is 9.84 Å². The number of nitrogens with one attached hydrogen (secondary N) is 1. The SMILES string of the molecule is O=C(OCc1ccccc1)[C@H](Cc1ccccc1)NCO. The first-order valence-electron chi connectivity index (χ1n) is 6.88. The van der Waals surface area contributed by atoms with Crippen LogP contribution in [0.25, 0.3) is 0 Å². The number of aliphatic hydroxyl groups is 1. The summed E-state index contributed by atoms with van der Waals surface area (Å²) >= 11 is 0. The first kappa shape index (κ1) is 15.2. The highest BCUT2D eigenvalue weighted by molar-refractivity contribution is 5.76. The number of benzene rings is 2. The summed E-state index contributed by atoms with van der Waals surface area (Å²) in [4.78, 5) is 12.1. The average molecular weight is 285 g/mol. The van der Waals surface area contributed by atoms with E-state index in [0.29, 0.717) is 6.42 Å². The van der Waals surface area contributed by atoms with Crippen molar-refractivity contribution in [1.82, 2.24) is 5.32 Å². The summed E-state index contributed by atoms with van der Waals surface area (Å²) in [5.74, 6) is -0.364. The molecule has 21 heavy (non-hydrogen) atoms. The van der Waals surface area contributed by atoms with Crippen LogP contribution in [0.1, 0.15) is 11.1 Å². The molecule has 2 aromatic rings. The monoisotopic (exact) mass is 285 g/mol. The van der Waals surface area contributed by atoms with Gasteiger partial charge in [-0.15, -0.1) is 0 Å². The lowest BCUT2D eigenvalue weighted by atomic mass is 10.1. The maximum Gasteiger partial charge on any atom is 0.323 e. The van der Waals surface area contributed by atoms with E-state index < -0.39 is 6.04 Å². The van der Waals surface area contributed by atoms with Crippen molar-refractivity contribution in [2.75, 3.05) is 6.73 Å². The summed E-state index contributed by atoms with van der Waals surface area (Å²) in [6.07, 6.45) is 0.481. The molecule has 0 fully saturated rings. The fourth-order valence-corrected chi connectivity index (χ4v) is 2.03. The van der Waals surface area contributed by atoms with E-state index in [1.807, 2.05) is 60.7 Å². The molecule has 0 aliphatic carbocycles. The molecule has 2 N–H and O–H groups in total. The molecule has 1 atom stereocenters. The van der Waals surface area contributed by atoms with Crippen molar-refractivity contribution in [1.29, 1.82) is 0 Å². The van der Waals surface area contributed by atoms with Crippen LogP contribution in [0.5, 0.6) is 0 Å². The van der Waals surface area contributed by atoms with Crippen LogP contribution in [0.2, 0.25) is 0 Å². The highest BCUT2D eigenvalue weighted by Gasteiger charge is 2.19. The number of aliphatic hydroxyl groups excluding tert-OH is 1. The second-order valence-electron chi connectivity index (χ2n) is 4.70. The van der Waals surface area contributed by atoms with Gasteiger partial charge in [0.15, 0.2) is 0 Å².